The molecule has 7 rings (SSSR count). The van der Waals surface area contributed by atoms with Crippen molar-refractivity contribution in [1.29, 1.82) is 0 Å². The molecule has 3 aromatic carbocycles. The molecule has 3 aromatic rings. The molecule has 4 aliphatic carbocycles. The first-order valence-electron chi connectivity index (χ1n) is 15.3. The van der Waals surface area contributed by atoms with Crippen molar-refractivity contribution in [2.24, 2.45) is 23.2 Å². The number of carbonyl (C=O) groups is 2. The van der Waals surface area contributed by atoms with E-state index in [-0.39, 0.29) is 10.9 Å². The lowest BCUT2D eigenvalue weighted by Gasteiger charge is -2.55. The Morgan fingerprint density at radius 2 is 1.12 bits per heavy atom. The minimum atomic E-state index is -6.53. The van der Waals surface area contributed by atoms with Crippen LogP contribution in [0.2, 0.25) is 0 Å². The van der Waals surface area contributed by atoms with Crippen molar-refractivity contribution in [3.8, 4) is 0 Å². The summed E-state index contributed by atoms with van der Waals surface area (Å²) in [5.74, 6) is -1.79. The molecule has 4 bridgehead atoms. The number of hydrogen-bond donors (Lipinski definition) is 1. The van der Waals surface area contributed by atoms with Gasteiger partial charge in [-0.1, -0.05) is 54.6 Å². The van der Waals surface area contributed by atoms with Crippen LogP contribution in [0.3, 0.4) is 0 Å². The summed E-state index contributed by atoms with van der Waals surface area (Å²) in [7, 11) is -6.55. The molecule has 0 radical (unpaired) electrons. The number of ether oxygens (including phenoxy) is 2. The molecule has 0 saturated heterocycles. The largest absolute Gasteiger partial charge is 0.453 e. The Morgan fingerprint density at radius 1 is 0.750 bits per heavy atom. The van der Waals surface area contributed by atoms with Gasteiger partial charge in [-0.2, -0.15) is 30.4 Å². The molecule has 1 N–H and O–H groups in total. The quantitative estimate of drug-likeness (QED) is 0.106. The Kier molecular flexibility index (Phi) is 10.6. The van der Waals surface area contributed by atoms with Crippen LogP contribution in [-0.2, 0) is 40.1 Å². The van der Waals surface area contributed by atoms with Gasteiger partial charge in [0.1, 0.15) is 0 Å². The van der Waals surface area contributed by atoms with Gasteiger partial charge in [0.05, 0.1) is 16.3 Å². The van der Waals surface area contributed by atoms with Gasteiger partial charge in [0.2, 0.25) is 0 Å². The van der Waals surface area contributed by atoms with Gasteiger partial charge in [-0.15, -0.1) is 0 Å². The summed E-state index contributed by atoms with van der Waals surface area (Å²) in [6.45, 7) is -1.38. The Hall–Kier alpha value is -3.49. The topological polar surface area (TPSA) is 107 Å². The van der Waals surface area contributed by atoms with Gasteiger partial charge in [0, 0.05) is 0 Å². The van der Waals surface area contributed by atoms with Gasteiger partial charge in [0.25, 0.3) is 6.10 Å². The predicted octanol–water partition coefficient (Wildman–Crippen LogP) is 7.48. The maximum Gasteiger partial charge on any atom is 0.432 e. The SMILES string of the molecule is O=C(COC(=O)C12CC3CC(CC(C3)C1)C2)OC(C(F)(F)F)C(F)(F)S(=O)(=O)O.c1ccc([S+](c2ccccc2)c2ccccc2)cc1. The number of hydrogen-bond acceptors (Lipinski definition) is 6. The second-order valence-electron chi connectivity index (χ2n) is 12.5. The van der Waals surface area contributed by atoms with Gasteiger partial charge in [-0.25, -0.2) is 4.79 Å². The lowest BCUT2D eigenvalue weighted by atomic mass is 9.49. The average Bonchev–Trinajstić information content (AvgIpc) is 3.03. The van der Waals surface area contributed by atoms with Crippen molar-refractivity contribution in [2.75, 3.05) is 6.61 Å². The fourth-order valence-electron chi connectivity index (χ4n) is 7.34. The van der Waals surface area contributed by atoms with E-state index in [1.165, 1.54) is 14.7 Å². The first-order valence-corrected chi connectivity index (χ1v) is 17.9. The Morgan fingerprint density at radius 3 is 1.46 bits per heavy atom. The Labute approximate surface area is 277 Å². The van der Waals surface area contributed by atoms with E-state index in [0.717, 1.165) is 19.3 Å². The molecule has 1 unspecified atom stereocenters. The highest BCUT2D eigenvalue weighted by atomic mass is 32.2. The molecule has 0 aliphatic heterocycles. The summed E-state index contributed by atoms with van der Waals surface area (Å²) >= 11 is 0. The molecule has 1 atom stereocenters. The molecule has 0 spiro atoms. The van der Waals surface area contributed by atoms with Crippen LogP contribution < -0.4 is 0 Å². The third-order valence-corrected chi connectivity index (χ3v) is 12.1. The standard InChI is InChI=1S/C18H15S.C16H19F5O7S/c1-4-10-16(11-5-1)19(17-12-6-2-7-13-17)18-14-8-3-9-15-18;17-15(18,19)12(16(20,21)29(24,25)26)28-11(22)7-27-13(23)14-4-8-1-9(5-14)3-10(2-8)6-14/h1-15H;8-10,12H,1-7H2,(H,24,25,26)/q+1;. The van der Waals surface area contributed by atoms with E-state index in [4.69, 9.17) is 9.29 Å². The van der Waals surface area contributed by atoms with E-state index >= 15 is 0 Å². The molecule has 0 aromatic heterocycles. The number of esters is 2. The second-order valence-corrected chi connectivity index (χ2v) is 16.0. The number of halogens is 5. The van der Waals surface area contributed by atoms with Crippen molar-refractivity contribution in [2.45, 2.75) is 70.7 Å². The highest BCUT2D eigenvalue weighted by Gasteiger charge is 2.66. The van der Waals surface area contributed by atoms with Crippen LogP contribution in [0.4, 0.5) is 22.0 Å². The van der Waals surface area contributed by atoms with E-state index in [0.29, 0.717) is 37.0 Å². The average molecular weight is 714 g/mol. The summed E-state index contributed by atoms with van der Waals surface area (Å²) in [5.41, 5.74) is -0.836. The van der Waals surface area contributed by atoms with Crippen LogP contribution in [0.25, 0.3) is 0 Å². The Bertz CT molecular complexity index is 1540. The predicted molar refractivity (Wildman–Crippen MR) is 165 cm³/mol. The second kappa shape index (κ2) is 14.2. The van der Waals surface area contributed by atoms with Crippen molar-refractivity contribution >= 4 is 33.0 Å². The molecule has 258 valence electrons. The van der Waals surface area contributed by atoms with Crippen LogP contribution in [0.5, 0.6) is 0 Å². The molecule has 4 aliphatic rings. The normalized spacial score (nSPS) is 23.9. The van der Waals surface area contributed by atoms with E-state index in [9.17, 15) is 40.0 Å². The number of carbonyl (C=O) groups excluding carboxylic acids is 2. The smallest absolute Gasteiger partial charge is 0.432 e. The van der Waals surface area contributed by atoms with E-state index in [1.807, 2.05) is 0 Å². The van der Waals surface area contributed by atoms with Crippen molar-refractivity contribution in [1.82, 2.24) is 0 Å². The van der Waals surface area contributed by atoms with Crippen LogP contribution >= 0.6 is 0 Å². The van der Waals surface area contributed by atoms with Gasteiger partial charge in [0.15, 0.2) is 21.3 Å². The summed E-state index contributed by atoms with van der Waals surface area (Å²) in [6, 6.07) is 32.2. The van der Waals surface area contributed by atoms with Gasteiger partial charge < -0.3 is 9.47 Å². The first kappa shape index (κ1) is 35.8. The minimum Gasteiger partial charge on any atom is -0.453 e. The monoisotopic (exact) mass is 713 g/mol. The van der Waals surface area contributed by atoms with Gasteiger partial charge in [-0.05, 0) is 92.7 Å². The molecule has 48 heavy (non-hydrogen) atoms. The van der Waals surface area contributed by atoms with Crippen LogP contribution in [0.15, 0.2) is 106 Å². The van der Waals surface area contributed by atoms with E-state index in [2.05, 4.69) is 95.7 Å². The molecule has 0 amide bonds. The summed E-state index contributed by atoms with van der Waals surface area (Å²) in [6.07, 6.45) is -5.85. The molecule has 7 nitrogen and oxygen atoms in total. The molecule has 14 heteroatoms. The number of benzene rings is 3. The zero-order chi connectivity index (χ0) is 34.7. The zero-order valence-electron chi connectivity index (χ0n) is 25.5. The highest BCUT2D eigenvalue weighted by Crippen LogP contribution is 2.60. The van der Waals surface area contributed by atoms with E-state index < -0.39 is 51.6 Å². The van der Waals surface area contributed by atoms with Crippen LogP contribution in [0, 0.1) is 23.2 Å². The lowest BCUT2D eigenvalue weighted by Crippen LogP contribution is -2.53. The molecular weight excluding hydrogens is 679 g/mol. The number of rotatable bonds is 9. The molecular formula is C34H34F5O7S2+. The summed E-state index contributed by atoms with van der Waals surface area (Å²) in [5, 5.41) is -5.83. The highest BCUT2D eigenvalue weighted by molar-refractivity contribution is 7.97. The van der Waals surface area contributed by atoms with Gasteiger partial charge >= 0.3 is 33.5 Å². The molecule has 4 fully saturated rings. The summed E-state index contributed by atoms with van der Waals surface area (Å²) in [4.78, 5) is 28.2. The number of alkyl halides is 5. The van der Waals surface area contributed by atoms with Crippen molar-refractivity contribution < 1.29 is 54.0 Å². The Balaban J connectivity index is 0.000000204. The maximum atomic E-state index is 13.4. The minimum absolute atomic E-state index is 0.0146. The van der Waals surface area contributed by atoms with Crippen LogP contribution in [0.1, 0.15) is 38.5 Å². The third-order valence-electron chi connectivity index (χ3n) is 8.92. The fourth-order valence-corrected chi connectivity index (χ4v) is 9.90. The van der Waals surface area contributed by atoms with Gasteiger partial charge in [-0.3, -0.25) is 9.35 Å². The first-order chi connectivity index (χ1) is 22.6. The maximum absolute atomic E-state index is 13.4. The lowest BCUT2D eigenvalue weighted by molar-refractivity contribution is -0.260. The zero-order valence-corrected chi connectivity index (χ0v) is 27.2. The van der Waals surface area contributed by atoms with E-state index in [1.54, 1.807) is 0 Å². The third kappa shape index (κ3) is 8.03. The van der Waals surface area contributed by atoms with Crippen LogP contribution in [-0.4, -0.2) is 49.1 Å². The fraction of sp³-hybridized carbons (Fsp3) is 0.412. The van der Waals surface area contributed by atoms with Crippen molar-refractivity contribution in [3.63, 3.8) is 0 Å². The summed E-state index contributed by atoms with van der Waals surface area (Å²) < 4.78 is 103. The molecule has 0 heterocycles. The van der Waals surface area contributed by atoms with Crippen molar-refractivity contribution in [3.05, 3.63) is 91.0 Å². The molecule has 4 saturated carbocycles.